The molecule has 2 aromatic carbocycles. The van der Waals surface area contributed by atoms with Crippen LogP contribution in [0.5, 0.6) is 0 Å². The summed E-state index contributed by atoms with van der Waals surface area (Å²) in [7, 11) is 0. The van der Waals surface area contributed by atoms with Gasteiger partial charge in [0.15, 0.2) is 0 Å². The summed E-state index contributed by atoms with van der Waals surface area (Å²) in [6.07, 6.45) is 0. The van der Waals surface area contributed by atoms with Crippen LogP contribution in [0.3, 0.4) is 0 Å². The van der Waals surface area contributed by atoms with Crippen molar-refractivity contribution in [1.29, 1.82) is 0 Å². The summed E-state index contributed by atoms with van der Waals surface area (Å²) in [6, 6.07) is 18.0. The second-order valence-electron chi connectivity index (χ2n) is 3.70. The quantitative estimate of drug-likeness (QED) is 0.745. The van der Waals surface area contributed by atoms with Gasteiger partial charge in [0.1, 0.15) is 12.4 Å². The van der Waals surface area contributed by atoms with Crippen LogP contribution >= 0.6 is 15.9 Å². The smallest absolute Gasteiger partial charge is 0.119 e. The fourth-order valence-corrected chi connectivity index (χ4v) is 1.73. The van der Waals surface area contributed by atoms with Crippen LogP contribution in [0, 0.1) is 0 Å². The Balaban J connectivity index is 1.96. The SMILES string of the molecule is C=C(OCc1ccccc1)c1ccc(Br)cc1. The zero-order chi connectivity index (χ0) is 12.1. The predicted molar refractivity (Wildman–Crippen MR) is 74.4 cm³/mol. The molecular formula is C15H13BrO. The zero-order valence-electron chi connectivity index (χ0n) is 9.40. The van der Waals surface area contributed by atoms with E-state index >= 15 is 0 Å². The maximum atomic E-state index is 5.64. The fourth-order valence-electron chi connectivity index (χ4n) is 1.46. The third kappa shape index (κ3) is 3.46. The lowest BCUT2D eigenvalue weighted by Gasteiger charge is -2.09. The number of halogens is 1. The van der Waals surface area contributed by atoms with Gasteiger partial charge >= 0.3 is 0 Å². The van der Waals surface area contributed by atoms with Gasteiger partial charge in [-0.05, 0) is 17.7 Å². The second-order valence-corrected chi connectivity index (χ2v) is 4.62. The molecule has 86 valence electrons. The number of ether oxygens (including phenoxy) is 1. The highest BCUT2D eigenvalue weighted by molar-refractivity contribution is 9.10. The standard InChI is InChI=1S/C15H13BrO/c1-12(14-7-9-15(16)10-8-14)17-11-13-5-3-2-4-6-13/h2-10H,1,11H2. The van der Waals surface area contributed by atoms with E-state index in [1.807, 2.05) is 54.6 Å². The van der Waals surface area contributed by atoms with Gasteiger partial charge in [0, 0.05) is 10.0 Å². The molecule has 1 nitrogen and oxygen atoms in total. The van der Waals surface area contributed by atoms with Gasteiger partial charge in [-0.15, -0.1) is 0 Å². The number of rotatable bonds is 4. The van der Waals surface area contributed by atoms with Crippen LogP contribution in [0.1, 0.15) is 11.1 Å². The minimum Gasteiger partial charge on any atom is -0.489 e. The van der Waals surface area contributed by atoms with Gasteiger partial charge in [0.05, 0.1) is 0 Å². The van der Waals surface area contributed by atoms with Crippen LogP contribution in [-0.2, 0) is 11.3 Å². The molecule has 0 unspecified atom stereocenters. The molecule has 17 heavy (non-hydrogen) atoms. The highest BCUT2D eigenvalue weighted by Crippen LogP contribution is 2.18. The van der Waals surface area contributed by atoms with Gasteiger partial charge in [-0.25, -0.2) is 0 Å². The van der Waals surface area contributed by atoms with E-state index in [4.69, 9.17) is 4.74 Å². The second kappa shape index (κ2) is 5.69. The van der Waals surface area contributed by atoms with E-state index in [9.17, 15) is 0 Å². The minimum absolute atomic E-state index is 0.551. The van der Waals surface area contributed by atoms with Crippen LogP contribution < -0.4 is 0 Å². The lowest BCUT2D eigenvalue weighted by atomic mass is 10.2. The Morgan fingerprint density at radius 3 is 2.29 bits per heavy atom. The molecular weight excluding hydrogens is 276 g/mol. The van der Waals surface area contributed by atoms with E-state index in [1.54, 1.807) is 0 Å². The van der Waals surface area contributed by atoms with Crippen LogP contribution in [-0.4, -0.2) is 0 Å². The molecule has 0 saturated heterocycles. The topological polar surface area (TPSA) is 9.23 Å². The predicted octanol–water partition coefficient (Wildman–Crippen LogP) is 4.64. The molecule has 2 aromatic rings. The molecule has 0 N–H and O–H groups in total. The molecule has 0 aromatic heterocycles. The molecule has 0 aliphatic carbocycles. The highest BCUT2D eigenvalue weighted by Gasteiger charge is 2.00. The Labute approximate surface area is 110 Å². The molecule has 0 saturated carbocycles. The van der Waals surface area contributed by atoms with Crippen LogP contribution in [0.15, 0.2) is 65.6 Å². The number of hydrogen-bond acceptors (Lipinski definition) is 1. The molecule has 0 aliphatic rings. The molecule has 0 fully saturated rings. The Kier molecular flexibility index (Phi) is 3.99. The van der Waals surface area contributed by atoms with Crippen molar-refractivity contribution < 1.29 is 4.74 Å². The summed E-state index contributed by atoms with van der Waals surface area (Å²) in [5.74, 6) is 0.696. The van der Waals surface area contributed by atoms with Crippen molar-refractivity contribution in [3.05, 3.63) is 76.8 Å². The monoisotopic (exact) mass is 288 g/mol. The van der Waals surface area contributed by atoms with Crippen molar-refractivity contribution in [2.75, 3.05) is 0 Å². The van der Waals surface area contributed by atoms with Gasteiger partial charge in [-0.1, -0.05) is 65.0 Å². The Morgan fingerprint density at radius 1 is 1.00 bits per heavy atom. The van der Waals surface area contributed by atoms with Crippen molar-refractivity contribution in [3.63, 3.8) is 0 Å². The Bertz CT molecular complexity index is 488. The first-order valence-electron chi connectivity index (χ1n) is 5.37. The van der Waals surface area contributed by atoms with Gasteiger partial charge in [-0.2, -0.15) is 0 Å². The lowest BCUT2D eigenvalue weighted by molar-refractivity contribution is 0.265. The molecule has 0 spiro atoms. The van der Waals surface area contributed by atoms with E-state index in [-0.39, 0.29) is 0 Å². The largest absolute Gasteiger partial charge is 0.489 e. The summed E-state index contributed by atoms with van der Waals surface area (Å²) < 4.78 is 6.70. The molecule has 0 atom stereocenters. The number of hydrogen-bond donors (Lipinski definition) is 0. The summed E-state index contributed by atoms with van der Waals surface area (Å²) in [5, 5.41) is 0. The van der Waals surface area contributed by atoms with Gasteiger partial charge in [0.2, 0.25) is 0 Å². The van der Waals surface area contributed by atoms with E-state index in [2.05, 4.69) is 22.5 Å². The molecule has 0 amide bonds. The summed E-state index contributed by atoms with van der Waals surface area (Å²) in [4.78, 5) is 0. The highest BCUT2D eigenvalue weighted by atomic mass is 79.9. The van der Waals surface area contributed by atoms with Gasteiger partial charge in [-0.3, -0.25) is 0 Å². The van der Waals surface area contributed by atoms with Crippen molar-refractivity contribution in [2.45, 2.75) is 6.61 Å². The van der Waals surface area contributed by atoms with E-state index < -0.39 is 0 Å². The zero-order valence-corrected chi connectivity index (χ0v) is 11.0. The van der Waals surface area contributed by atoms with Crippen LogP contribution in [0.4, 0.5) is 0 Å². The van der Waals surface area contributed by atoms with Crippen molar-refractivity contribution >= 4 is 21.7 Å². The third-order valence-electron chi connectivity index (χ3n) is 2.42. The minimum atomic E-state index is 0.551. The van der Waals surface area contributed by atoms with E-state index in [0.717, 1.165) is 15.6 Å². The molecule has 2 rings (SSSR count). The maximum absolute atomic E-state index is 5.64. The average Bonchev–Trinajstić information content (AvgIpc) is 2.38. The first-order chi connectivity index (χ1) is 8.25. The normalized spacial score (nSPS) is 9.94. The molecule has 0 aliphatic heterocycles. The first-order valence-corrected chi connectivity index (χ1v) is 6.16. The first kappa shape index (κ1) is 11.9. The lowest BCUT2D eigenvalue weighted by Crippen LogP contribution is -1.92. The summed E-state index contributed by atoms with van der Waals surface area (Å²) in [5.41, 5.74) is 2.15. The van der Waals surface area contributed by atoms with Gasteiger partial charge in [0.25, 0.3) is 0 Å². The average molecular weight is 289 g/mol. The Hall–Kier alpha value is -1.54. The van der Waals surface area contributed by atoms with E-state index in [0.29, 0.717) is 12.4 Å². The Morgan fingerprint density at radius 2 is 1.65 bits per heavy atom. The molecule has 0 bridgehead atoms. The van der Waals surface area contributed by atoms with Crippen molar-refractivity contribution in [3.8, 4) is 0 Å². The fraction of sp³-hybridized carbons (Fsp3) is 0.0667. The van der Waals surface area contributed by atoms with Crippen LogP contribution in [0.25, 0.3) is 5.76 Å². The summed E-state index contributed by atoms with van der Waals surface area (Å²) >= 11 is 3.40. The molecule has 0 radical (unpaired) electrons. The van der Waals surface area contributed by atoms with Gasteiger partial charge < -0.3 is 4.74 Å². The molecule has 0 heterocycles. The summed E-state index contributed by atoms with van der Waals surface area (Å²) in [6.45, 7) is 4.48. The maximum Gasteiger partial charge on any atom is 0.119 e. The van der Waals surface area contributed by atoms with Crippen molar-refractivity contribution in [1.82, 2.24) is 0 Å². The van der Waals surface area contributed by atoms with Crippen molar-refractivity contribution in [2.24, 2.45) is 0 Å². The van der Waals surface area contributed by atoms with Crippen LogP contribution in [0.2, 0.25) is 0 Å². The number of benzene rings is 2. The third-order valence-corrected chi connectivity index (χ3v) is 2.95. The van der Waals surface area contributed by atoms with E-state index in [1.165, 1.54) is 0 Å². The molecule has 2 heteroatoms.